The molecule has 6 nitrogen and oxygen atoms in total. The fraction of sp³-hybridized carbons (Fsp3) is 0.909. The molecular weight excluding hydrogens is 256 g/mol. The molecule has 0 aromatic carbocycles. The minimum Gasteiger partial charge on any atom is -0.480 e. The van der Waals surface area contributed by atoms with Gasteiger partial charge in [-0.25, -0.2) is 4.21 Å². The number of hydrogen-bond acceptors (Lipinski definition) is 4. The number of carboxylic acid groups (broad SMARTS) is 1. The molecule has 2 aliphatic heterocycles. The summed E-state index contributed by atoms with van der Waals surface area (Å²) >= 11 is -1.79. The van der Waals surface area contributed by atoms with E-state index in [-0.39, 0.29) is 11.2 Å². The molecule has 0 saturated carbocycles. The van der Waals surface area contributed by atoms with Crippen LogP contribution >= 0.6 is 0 Å². The van der Waals surface area contributed by atoms with Gasteiger partial charge in [-0.05, 0) is 32.9 Å². The van der Waals surface area contributed by atoms with E-state index in [9.17, 15) is 14.1 Å². The normalized spacial score (nSPS) is 37.7. The van der Waals surface area contributed by atoms with Crippen LogP contribution in [0.2, 0.25) is 0 Å². The van der Waals surface area contributed by atoms with Crippen LogP contribution < -0.4 is 5.32 Å². The fourth-order valence-corrected chi connectivity index (χ4v) is 4.04. The second-order valence-electron chi connectivity index (χ2n) is 5.47. The van der Waals surface area contributed by atoms with Crippen LogP contribution in [0, 0.1) is 5.41 Å². The third-order valence-electron chi connectivity index (χ3n) is 4.35. The van der Waals surface area contributed by atoms with Crippen molar-refractivity contribution < 1.29 is 18.7 Å². The summed E-state index contributed by atoms with van der Waals surface area (Å²) in [6.07, 6.45) is 2.10. The maximum absolute atomic E-state index is 11.7. The van der Waals surface area contributed by atoms with Crippen LogP contribution in [-0.2, 0) is 15.9 Å². The second-order valence-corrected chi connectivity index (χ2v) is 6.52. The van der Waals surface area contributed by atoms with Gasteiger partial charge in [-0.1, -0.05) is 0 Å². The highest BCUT2D eigenvalue weighted by molar-refractivity contribution is 7.79. The lowest BCUT2D eigenvalue weighted by atomic mass is 9.70. The summed E-state index contributed by atoms with van der Waals surface area (Å²) in [5, 5.41) is 12.7. The van der Waals surface area contributed by atoms with E-state index in [1.807, 2.05) is 11.9 Å². The smallest absolute Gasteiger partial charge is 0.325 e. The summed E-state index contributed by atoms with van der Waals surface area (Å²) in [6.45, 7) is 1.96. The molecule has 0 aromatic heterocycles. The highest BCUT2D eigenvalue weighted by Gasteiger charge is 2.63. The minimum atomic E-state index is -1.79. The molecule has 2 heterocycles. The van der Waals surface area contributed by atoms with Crippen LogP contribution in [0.15, 0.2) is 0 Å². The Morgan fingerprint density at radius 1 is 1.50 bits per heavy atom. The van der Waals surface area contributed by atoms with Crippen molar-refractivity contribution in [3.05, 3.63) is 0 Å². The molecule has 3 N–H and O–H groups in total. The van der Waals surface area contributed by atoms with E-state index in [0.29, 0.717) is 25.9 Å². The first-order valence-corrected chi connectivity index (χ1v) is 7.44. The maximum atomic E-state index is 11.7. The molecule has 3 atom stereocenters. The Morgan fingerprint density at radius 3 is 2.83 bits per heavy atom. The van der Waals surface area contributed by atoms with Crippen molar-refractivity contribution in [2.24, 2.45) is 5.41 Å². The molecule has 104 valence electrons. The number of rotatable bonds is 5. The van der Waals surface area contributed by atoms with Gasteiger partial charge in [0.1, 0.15) is 5.54 Å². The largest absolute Gasteiger partial charge is 0.480 e. The van der Waals surface area contributed by atoms with Gasteiger partial charge in [0.15, 0.2) is 11.1 Å². The molecule has 0 aliphatic carbocycles. The topological polar surface area (TPSA) is 89.9 Å². The van der Waals surface area contributed by atoms with Gasteiger partial charge in [0.05, 0.1) is 0 Å². The first-order chi connectivity index (χ1) is 8.42. The molecule has 2 aliphatic rings. The quantitative estimate of drug-likeness (QED) is 0.599. The molecule has 0 spiro atoms. The molecule has 0 radical (unpaired) electrons. The minimum absolute atomic E-state index is 0.223. The summed E-state index contributed by atoms with van der Waals surface area (Å²) in [5.74, 6) is -0.573. The van der Waals surface area contributed by atoms with Crippen molar-refractivity contribution in [3.63, 3.8) is 0 Å². The standard InChI is InChI=1S/C11H20N2O4S/c1-13-7-10(3-2-6-18(16)17)4-5-12-11(10,8-13)9(14)15/h12H,2-8H2,1H3,(H,14,15)(H,16,17). The molecule has 3 unspecified atom stereocenters. The van der Waals surface area contributed by atoms with Crippen LogP contribution in [0.25, 0.3) is 0 Å². The molecule has 0 aromatic rings. The number of likely N-dealkylation sites (N-methyl/N-ethyl adjacent to an activating group) is 1. The summed E-state index contributed by atoms with van der Waals surface area (Å²) in [6, 6.07) is 0. The van der Waals surface area contributed by atoms with Crippen LogP contribution in [0.3, 0.4) is 0 Å². The van der Waals surface area contributed by atoms with E-state index in [4.69, 9.17) is 4.55 Å². The molecule has 2 fully saturated rings. The number of hydrogen-bond donors (Lipinski definition) is 3. The average molecular weight is 276 g/mol. The zero-order valence-corrected chi connectivity index (χ0v) is 11.3. The first kappa shape index (κ1) is 13.9. The van der Waals surface area contributed by atoms with Gasteiger partial charge in [0.2, 0.25) is 0 Å². The van der Waals surface area contributed by atoms with Gasteiger partial charge >= 0.3 is 5.97 Å². The Bertz CT molecular complexity index is 378. The van der Waals surface area contributed by atoms with Gasteiger partial charge in [-0.2, -0.15) is 0 Å². The molecule has 7 heteroatoms. The Hall–Kier alpha value is -0.500. The van der Waals surface area contributed by atoms with Crippen molar-refractivity contribution >= 4 is 17.0 Å². The third-order valence-corrected chi connectivity index (χ3v) is 4.99. The van der Waals surface area contributed by atoms with E-state index in [1.165, 1.54) is 0 Å². The van der Waals surface area contributed by atoms with Gasteiger partial charge in [0, 0.05) is 24.3 Å². The van der Waals surface area contributed by atoms with Gasteiger partial charge < -0.3 is 19.9 Å². The molecule has 2 rings (SSSR count). The molecular formula is C11H20N2O4S. The van der Waals surface area contributed by atoms with Crippen molar-refractivity contribution in [2.45, 2.75) is 24.8 Å². The monoisotopic (exact) mass is 276 g/mol. The van der Waals surface area contributed by atoms with E-state index >= 15 is 0 Å². The van der Waals surface area contributed by atoms with E-state index in [1.54, 1.807) is 0 Å². The average Bonchev–Trinajstić information content (AvgIpc) is 2.69. The van der Waals surface area contributed by atoms with E-state index < -0.39 is 22.6 Å². The van der Waals surface area contributed by atoms with Crippen LogP contribution in [0.1, 0.15) is 19.3 Å². The lowest BCUT2D eigenvalue weighted by Crippen LogP contribution is -2.58. The number of carbonyl (C=O) groups is 1. The van der Waals surface area contributed by atoms with Crippen molar-refractivity contribution in [1.29, 1.82) is 0 Å². The zero-order chi connectivity index (χ0) is 13.4. The predicted octanol–water partition coefficient (Wildman–Crippen LogP) is -0.263. The van der Waals surface area contributed by atoms with Crippen molar-refractivity contribution in [1.82, 2.24) is 10.2 Å². The summed E-state index contributed by atoms with van der Waals surface area (Å²) in [5.41, 5.74) is -1.17. The highest BCUT2D eigenvalue weighted by Crippen LogP contribution is 2.49. The van der Waals surface area contributed by atoms with Crippen molar-refractivity contribution in [3.8, 4) is 0 Å². The molecule has 18 heavy (non-hydrogen) atoms. The van der Waals surface area contributed by atoms with Crippen LogP contribution in [-0.4, -0.2) is 62.7 Å². The summed E-state index contributed by atoms with van der Waals surface area (Å²) < 4.78 is 19.5. The number of fused-ring (bicyclic) bond motifs is 1. The van der Waals surface area contributed by atoms with E-state index in [2.05, 4.69) is 5.32 Å². The number of likely N-dealkylation sites (tertiary alicyclic amines) is 1. The highest BCUT2D eigenvalue weighted by atomic mass is 32.2. The fourth-order valence-electron chi connectivity index (χ4n) is 3.65. The van der Waals surface area contributed by atoms with E-state index in [0.717, 1.165) is 13.0 Å². The van der Waals surface area contributed by atoms with Gasteiger partial charge in [0.25, 0.3) is 0 Å². The number of nitrogens with one attached hydrogen (secondary N) is 1. The molecule has 0 amide bonds. The Kier molecular flexibility index (Phi) is 3.77. The first-order valence-electron chi connectivity index (χ1n) is 6.16. The SMILES string of the molecule is CN1CC2(CCCS(=O)O)CCNC2(C(=O)O)C1. The van der Waals surface area contributed by atoms with Gasteiger partial charge in [-0.15, -0.1) is 0 Å². The Labute approximate surface area is 109 Å². The number of carboxylic acids is 1. The number of aliphatic carboxylic acids is 1. The Morgan fingerprint density at radius 2 is 2.22 bits per heavy atom. The zero-order valence-electron chi connectivity index (χ0n) is 10.5. The summed E-state index contributed by atoms with van der Waals surface area (Å²) in [7, 11) is 1.93. The summed E-state index contributed by atoms with van der Waals surface area (Å²) in [4.78, 5) is 13.7. The predicted molar refractivity (Wildman–Crippen MR) is 67.8 cm³/mol. The lowest BCUT2D eigenvalue weighted by Gasteiger charge is -2.35. The number of nitrogens with zero attached hydrogens (tertiary/aromatic N) is 1. The lowest BCUT2D eigenvalue weighted by molar-refractivity contribution is -0.147. The third kappa shape index (κ3) is 2.09. The van der Waals surface area contributed by atoms with Gasteiger partial charge in [-0.3, -0.25) is 4.79 Å². The Balaban J connectivity index is 2.16. The second kappa shape index (κ2) is 4.88. The van der Waals surface area contributed by atoms with Crippen LogP contribution in [0.5, 0.6) is 0 Å². The molecule has 0 bridgehead atoms. The van der Waals surface area contributed by atoms with Crippen molar-refractivity contribution in [2.75, 3.05) is 32.4 Å². The van der Waals surface area contributed by atoms with Crippen LogP contribution in [0.4, 0.5) is 0 Å². The maximum Gasteiger partial charge on any atom is 0.325 e. The molecule has 2 saturated heterocycles.